The Balaban J connectivity index is 1.99. The predicted octanol–water partition coefficient (Wildman–Crippen LogP) is 5.44. The summed E-state index contributed by atoms with van der Waals surface area (Å²) in [4.78, 5) is 1.29. The van der Waals surface area contributed by atoms with Crippen molar-refractivity contribution in [2.24, 2.45) is 0 Å². The Labute approximate surface area is 137 Å². The van der Waals surface area contributed by atoms with Crippen LogP contribution in [0.5, 0.6) is 0 Å². The molecule has 0 unspecified atom stereocenters. The summed E-state index contributed by atoms with van der Waals surface area (Å²) in [5.41, 5.74) is 3.89. The molecule has 0 aliphatic carbocycles. The number of rotatable bonds is 6. The van der Waals surface area contributed by atoms with E-state index in [-0.39, 0.29) is 0 Å². The Kier molecular flexibility index (Phi) is 6.16. The first-order valence-corrected chi connectivity index (χ1v) is 8.61. The van der Waals surface area contributed by atoms with Gasteiger partial charge in [0, 0.05) is 28.3 Å². The van der Waals surface area contributed by atoms with E-state index in [0.29, 0.717) is 6.04 Å². The molecule has 0 amide bonds. The number of halogens is 1. The molecule has 0 saturated carbocycles. The fourth-order valence-electron chi connectivity index (χ4n) is 2.05. The average Bonchev–Trinajstić information content (AvgIpc) is 2.45. The largest absolute Gasteiger partial charge is 0.310 e. The average molecular weight is 320 g/mol. The zero-order valence-electron chi connectivity index (χ0n) is 12.8. The molecule has 2 rings (SSSR count). The molecule has 0 fully saturated rings. The van der Waals surface area contributed by atoms with Crippen LogP contribution >= 0.6 is 23.4 Å². The highest BCUT2D eigenvalue weighted by Crippen LogP contribution is 2.27. The molecule has 3 heteroatoms. The molecule has 2 aromatic carbocycles. The van der Waals surface area contributed by atoms with Crippen molar-refractivity contribution in [3.05, 3.63) is 64.2 Å². The summed E-state index contributed by atoms with van der Waals surface area (Å²) in [6, 6.07) is 15.2. The van der Waals surface area contributed by atoms with Gasteiger partial charge in [0.05, 0.1) is 0 Å². The number of benzene rings is 2. The molecular formula is C18H22ClNS. The van der Waals surface area contributed by atoms with E-state index >= 15 is 0 Å². The Bertz CT molecular complexity index is 596. The van der Waals surface area contributed by atoms with Crippen LogP contribution in [-0.2, 0) is 12.3 Å². The van der Waals surface area contributed by atoms with E-state index in [1.165, 1.54) is 21.6 Å². The molecule has 21 heavy (non-hydrogen) atoms. The van der Waals surface area contributed by atoms with Gasteiger partial charge in [-0.1, -0.05) is 49.7 Å². The van der Waals surface area contributed by atoms with Gasteiger partial charge >= 0.3 is 0 Å². The molecule has 0 aliphatic heterocycles. The Morgan fingerprint density at radius 1 is 1.10 bits per heavy atom. The lowest BCUT2D eigenvalue weighted by molar-refractivity contribution is 0.587. The Morgan fingerprint density at radius 2 is 1.86 bits per heavy atom. The molecule has 1 N–H and O–H groups in total. The highest BCUT2D eigenvalue weighted by molar-refractivity contribution is 7.98. The number of aryl methyl sites for hydroxylation is 1. The van der Waals surface area contributed by atoms with Crippen molar-refractivity contribution >= 4 is 23.4 Å². The summed E-state index contributed by atoms with van der Waals surface area (Å²) in [5, 5.41) is 4.31. The minimum atomic E-state index is 0.513. The maximum atomic E-state index is 6.20. The van der Waals surface area contributed by atoms with Crippen LogP contribution in [0.4, 0.5) is 0 Å². The van der Waals surface area contributed by atoms with E-state index in [0.717, 1.165) is 17.3 Å². The molecular weight excluding hydrogens is 298 g/mol. The van der Waals surface area contributed by atoms with Gasteiger partial charge in [0.1, 0.15) is 0 Å². The fraction of sp³-hybridized carbons (Fsp3) is 0.333. The lowest BCUT2D eigenvalue weighted by Gasteiger charge is -2.12. The SMILES string of the molecule is Cc1cc(SCc2ccccc2Cl)ccc1CNC(C)C. The molecule has 0 aliphatic rings. The second-order valence-corrected chi connectivity index (χ2v) is 6.96. The maximum absolute atomic E-state index is 6.20. The van der Waals surface area contributed by atoms with Crippen molar-refractivity contribution in [3.63, 3.8) is 0 Å². The topological polar surface area (TPSA) is 12.0 Å². The summed E-state index contributed by atoms with van der Waals surface area (Å²) in [6.45, 7) is 7.45. The van der Waals surface area contributed by atoms with Crippen LogP contribution in [0.3, 0.4) is 0 Å². The van der Waals surface area contributed by atoms with E-state index in [4.69, 9.17) is 11.6 Å². The molecule has 0 saturated heterocycles. The molecule has 0 spiro atoms. The standard InChI is InChI=1S/C18H22ClNS/c1-13(2)20-11-15-8-9-17(10-14(15)3)21-12-16-6-4-5-7-18(16)19/h4-10,13,20H,11-12H2,1-3H3. The van der Waals surface area contributed by atoms with Gasteiger partial charge in [-0.25, -0.2) is 0 Å². The third kappa shape index (κ3) is 5.06. The van der Waals surface area contributed by atoms with E-state index in [1.807, 2.05) is 30.0 Å². The molecule has 2 aromatic rings. The van der Waals surface area contributed by atoms with E-state index in [9.17, 15) is 0 Å². The second kappa shape index (κ2) is 7.88. The molecule has 0 atom stereocenters. The first-order chi connectivity index (χ1) is 10.1. The Hall–Kier alpha value is -0.960. The van der Waals surface area contributed by atoms with Crippen LogP contribution in [0.1, 0.15) is 30.5 Å². The quantitative estimate of drug-likeness (QED) is 0.712. The van der Waals surface area contributed by atoms with Crippen molar-refractivity contribution < 1.29 is 0 Å². The van der Waals surface area contributed by atoms with Crippen molar-refractivity contribution in [1.82, 2.24) is 5.32 Å². The number of hydrogen-bond donors (Lipinski definition) is 1. The molecule has 1 nitrogen and oxygen atoms in total. The fourth-order valence-corrected chi connectivity index (χ4v) is 3.33. The van der Waals surface area contributed by atoms with Gasteiger partial charge in [0.2, 0.25) is 0 Å². The summed E-state index contributed by atoms with van der Waals surface area (Å²) in [5.74, 6) is 0.905. The van der Waals surface area contributed by atoms with Crippen LogP contribution in [0.2, 0.25) is 5.02 Å². The number of hydrogen-bond acceptors (Lipinski definition) is 2. The molecule has 0 aromatic heterocycles. The monoisotopic (exact) mass is 319 g/mol. The van der Waals surface area contributed by atoms with Crippen molar-refractivity contribution in [3.8, 4) is 0 Å². The summed E-state index contributed by atoms with van der Waals surface area (Å²) in [6.07, 6.45) is 0. The highest BCUT2D eigenvalue weighted by Gasteiger charge is 2.04. The normalized spacial score (nSPS) is 11.1. The zero-order valence-corrected chi connectivity index (χ0v) is 14.4. The third-order valence-corrected chi connectivity index (χ3v) is 4.78. The van der Waals surface area contributed by atoms with E-state index in [2.05, 4.69) is 50.4 Å². The van der Waals surface area contributed by atoms with Gasteiger partial charge in [0.15, 0.2) is 0 Å². The van der Waals surface area contributed by atoms with Crippen LogP contribution in [0, 0.1) is 6.92 Å². The zero-order chi connectivity index (χ0) is 15.2. The predicted molar refractivity (Wildman–Crippen MR) is 94.2 cm³/mol. The van der Waals surface area contributed by atoms with Gasteiger partial charge < -0.3 is 5.32 Å². The van der Waals surface area contributed by atoms with Crippen LogP contribution in [-0.4, -0.2) is 6.04 Å². The minimum Gasteiger partial charge on any atom is -0.310 e. The van der Waals surface area contributed by atoms with Crippen molar-refractivity contribution in [2.75, 3.05) is 0 Å². The lowest BCUT2D eigenvalue weighted by atomic mass is 10.1. The first kappa shape index (κ1) is 16.4. The number of nitrogens with one attached hydrogen (secondary N) is 1. The molecule has 112 valence electrons. The molecule has 0 radical (unpaired) electrons. The number of thioether (sulfide) groups is 1. The first-order valence-electron chi connectivity index (χ1n) is 7.25. The molecule has 0 heterocycles. The van der Waals surface area contributed by atoms with Gasteiger partial charge in [-0.3, -0.25) is 0 Å². The second-order valence-electron chi connectivity index (χ2n) is 5.50. The highest BCUT2D eigenvalue weighted by atomic mass is 35.5. The van der Waals surface area contributed by atoms with E-state index in [1.54, 1.807) is 0 Å². The smallest absolute Gasteiger partial charge is 0.0446 e. The summed E-state index contributed by atoms with van der Waals surface area (Å²) >= 11 is 8.03. The van der Waals surface area contributed by atoms with E-state index < -0.39 is 0 Å². The van der Waals surface area contributed by atoms with Crippen LogP contribution in [0.15, 0.2) is 47.4 Å². The van der Waals surface area contributed by atoms with Crippen LogP contribution < -0.4 is 5.32 Å². The van der Waals surface area contributed by atoms with Gasteiger partial charge in [-0.15, -0.1) is 11.8 Å². The Morgan fingerprint density at radius 3 is 2.52 bits per heavy atom. The van der Waals surface area contributed by atoms with Crippen molar-refractivity contribution in [1.29, 1.82) is 0 Å². The van der Waals surface area contributed by atoms with Gasteiger partial charge in [-0.05, 0) is 41.8 Å². The third-order valence-electron chi connectivity index (χ3n) is 3.37. The lowest BCUT2D eigenvalue weighted by Crippen LogP contribution is -2.22. The summed E-state index contributed by atoms with van der Waals surface area (Å²) in [7, 11) is 0. The van der Waals surface area contributed by atoms with Crippen LogP contribution in [0.25, 0.3) is 0 Å². The summed E-state index contributed by atoms with van der Waals surface area (Å²) < 4.78 is 0. The van der Waals surface area contributed by atoms with Gasteiger partial charge in [0.25, 0.3) is 0 Å². The minimum absolute atomic E-state index is 0.513. The maximum Gasteiger partial charge on any atom is 0.0446 e. The molecule has 0 bridgehead atoms. The van der Waals surface area contributed by atoms with Crippen molar-refractivity contribution in [2.45, 2.75) is 44.0 Å². The van der Waals surface area contributed by atoms with Gasteiger partial charge in [-0.2, -0.15) is 0 Å².